The van der Waals surface area contributed by atoms with E-state index in [1.54, 1.807) is 19.3 Å². The number of carbonyl (C=O) groups is 1. The van der Waals surface area contributed by atoms with Crippen LogP contribution in [0.2, 0.25) is 5.02 Å². The number of rotatable bonds is 7. The summed E-state index contributed by atoms with van der Waals surface area (Å²) >= 11 is 5.97. The molecular weight excluding hydrogens is 523 g/mol. The Kier molecular flexibility index (Phi) is 9.17. The number of carbonyl (C=O) groups excluding carboxylic acids is 1. The number of aryl methyl sites for hydroxylation is 1. The molecule has 2 heterocycles. The second-order valence-corrected chi connectivity index (χ2v) is 9.49. The van der Waals surface area contributed by atoms with Crippen molar-refractivity contribution in [2.45, 2.75) is 25.8 Å². The zero-order valence-corrected chi connectivity index (χ0v) is 22.2. The van der Waals surface area contributed by atoms with Crippen molar-refractivity contribution in [1.29, 1.82) is 0 Å². The molecule has 0 amide bonds. The number of pyridine rings is 1. The molecule has 0 saturated carbocycles. The zero-order chi connectivity index (χ0) is 27.9. The van der Waals surface area contributed by atoms with Crippen molar-refractivity contribution < 1.29 is 18.0 Å². The minimum absolute atomic E-state index is 0.187. The van der Waals surface area contributed by atoms with Crippen molar-refractivity contribution in [2.24, 2.45) is 0 Å². The molecule has 0 fully saturated rings. The number of halogens is 4. The van der Waals surface area contributed by atoms with Crippen LogP contribution in [0.25, 0.3) is 22.0 Å². The van der Waals surface area contributed by atoms with Crippen LogP contribution in [0.4, 0.5) is 13.2 Å². The third kappa shape index (κ3) is 6.93. The number of aldehydes is 1. The van der Waals surface area contributed by atoms with Gasteiger partial charge in [0.05, 0.1) is 11.7 Å². The first kappa shape index (κ1) is 28.1. The second-order valence-electron chi connectivity index (χ2n) is 9.06. The lowest BCUT2D eigenvalue weighted by Gasteiger charge is -2.19. The van der Waals surface area contributed by atoms with Gasteiger partial charge >= 0.3 is 0 Å². The van der Waals surface area contributed by atoms with Crippen LogP contribution >= 0.6 is 11.6 Å². The average Bonchev–Trinajstić information content (AvgIpc) is 3.22. The fraction of sp³-hybridized carbons (Fsp3) is 0.161. The van der Waals surface area contributed by atoms with Gasteiger partial charge < -0.3 is 15.1 Å². The van der Waals surface area contributed by atoms with Crippen molar-refractivity contribution >= 4 is 28.8 Å². The molecule has 2 aromatic heterocycles. The van der Waals surface area contributed by atoms with Gasteiger partial charge in [-0.3, -0.25) is 4.98 Å². The Balaban J connectivity index is 0.000000212. The van der Waals surface area contributed by atoms with Gasteiger partial charge in [-0.15, -0.1) is 0 Å². The van der Waals surface area contributed by atoms with E-state index in [1.165, 1.54) is 24.3 Å². The quantitative estimate of drug-likeness (QED) is 0.206. The summed E-state index contributed by atoms with van der Waals surface area (Å²) in [5, 5.41) is 4.66. The molecule has 8 heteroatoms. The smallest absolute Gasteiger partial charge is 0.126 e. The van der Waals surface area contributed by atoms with Gasteiger partial charge in [-0.1, -0.05) is 29.8 Å². The van der Waals surface area contributed by atoms with Crippen LogP contribution in [0.3, 0.4) is 0 Å². The highest BCUT2D eigenvalue weighted by molar-refractivity contribution is 6.30. The third-order valence-corrected chi connectivity index (χ3v) is 6.66. The topological polar surface area (TPSA) is 57.8 Å². The van der Waals surface area contributed by atoms with Gasteiger partial charge in [-0.25, -0.2) is 13.2 Å². The van der Waals surface area contributed by atoms with E-state index in [-0.39, 0.29) is 11.9 Å². The summed E-state index contributed by atoms with van der Waals surface area (Å²) in [4.78, 5) is 18.1. The number of aromatic nitrogens is 2. The summed E-state index contributed by atoms with van der Waals surface area (Å²) in [5.41, 5.74) is 6.02. The molecule has 39 heavy (non-hydrogen) atoms. The van der Waals surface area contributed by atoms with Gasteiger partial charge in [0, 0.05) is 45.9 Å². The average molecular weight is 550 g/mol. The largest absolute Gasteiger partial charge is 0.358 e. The number of likely N-dealkylation sites (N-methyl/N-ethyl adjacent to an activating group) is 1. The van der Waals surface area contributed by atoms with Crippen LogP contribution < -0.4 is 5.32 Å². The molecule has 5 rings (SSSR count). The van der Waals surface area contributed by atoms with Crippen molar-refractivity contribution in [3.8, 4) is 11.1 Å². The van der Waals surface area contributed by atoms with Crippen LogP contribution in [0.5, 0.6) is 0 Å². The molecule has 0 aliphatic heterocycles. The molecule has 0 aliphatic rings. The lowest BCUT2D eigenvalue weighted by atomic mass is 9.95. The van der Waals surface area contributed by atoms with Gasteiger partial charge in [0.15, 0.2) is 0 Å². The molecular formula is C31H27ClF3N3O. The van der Waals surface area contributed by atoms with Crippen LogP contribution in [0, 0.1) is 24.4 Å². The summed E-state index contributed by atoms with van der Waals surface area (Å²) in [6.45, 7) is 1.89. The van der Waals surface area contributed by atoms with Gasteiger partial charge in [0.25, 0.3) is 0 Å². The first-order valence-corrected chi connectivity index (χ1v) is 12.7. The number of nitrogens with one attached hydrogen (secondary N) is 2. The maximum Gasteiger partial charge on any atom is 0.126 e. The first-order chi connectivity index (χ1) is 18.8. The molecule has 0 spiro atoms. The Bertz CT molecular complexity index is 1560. The molecule has 5 aromatic rings. The Labute approximate surface area is 229 Å². The number of nitrogens with zero attached hydrogens (tertiary/aromatic N) is 1. The fourth-order valence-electron chi connectivity index (χ4n) is 4.57. The molecule has 3 aromatic carbocycles. The Morgan fingerprint density at radius 2 is 1.69 bits per heavy atom. The number of benzene rings is 3. The maximum absolute atomic E-state index is 13.5. The lowest BCUT2D eigenvalue weighted by molar-refractivity contribution is -0.107. The monoisotopic (exact) mass is 549 g/mol. The predicted octanol–water partition coefficient (Wildman–Crippen LogP) is 7.54. The summed E-state index contributed by atoms with van der Waals surface area (Å²) in [7, 11) is 1.81. The van der Waals surface area contributed by atoms with Crippen molar-refractivity contribution in [1.82, 2.24) is 15.3 Å². The van der Waals surface area contributed by atoms with Crippen LogP contribution in [0.15, 0.2) is 79.0 Å². The van der Waals surface area contributed by atoms with E-state index in [0.29, 0.717) is 23.4 Å². The van der Waals surface area contributed by atoms with E-state index < -0.39 is 11.6 Å². The molecule has 2 N–H and O–H groups in total. The summed E-state index contributed by atoms with van der Waals surface area (Å²) in [6.07, 6.45) is 3.30. The first-order valence-electron chi connectivity index (χ1n) is 12.3. The Morgan fingerprint density at radius 3 is 2.36 bits per heavy atom. The van der Waals surface area contributed by atoms with E-state index in [1.807, 2.05) is 43.3 Å². The third-order valence-electron chi connectivity index (χ3n) is 6.40. The highest BCUT2D eigenvalue weighted by Crippen LogP contribution is 2.29. The van der Waals surface area contributed by atoms with E-state index in [2.05, 4.69) is 15.3 Å². The van der Waals surface area contributed by atoms with Gasteiger partial charge in [-0.2, -0.15) is 0 Å². The van der Waals surface area contributed by atoms with Crippen LogP contribution in [-0.4, -0.2) is 23.3 Å². The second kappa shape index (κ2) is 12.7. The lowest BCUT2D eigenvalue weighted by Crippen LogP contribution is -2.21. The standard InChI is InChI=1S/C20H17ClF2N2.C11H10FNO/c1-24-19(11-13-9-16(22)12-17(23)10-13)20-18(3-2-8-25-20)14-4-6-15(21)7-5-14;1-7-9(4-5-14)10-6-8(12)2-3-11(10)13-7/h2-10,12,19,24H,11H2,1H3;2-3,5-6,13H,4H2,1H3. The number of fused-ring (bicyclic) bond motifs is 1. The molecule has 0 aliphatic carbocycles. The van der Waals surface area contributed by atoms with E-state index >= 15 is 0 Å². The molecule has 1 unspecified atom stereocenters. The number of hydrogen-bond acceptors (Lipinski definition) is 3. The molecule has 1 atom stereocenters. The van der Waals surface area contributed by atoms with Gasteiger partial charge in [-0.05, 0) is 85.6 Å². The minimum Gasteiger partial charge on any atom is -0.358 e. The van der Waals surface area contributed by atoms with E-state index in [4.69, 9.17) is 11.6 Å². The molecule has 0 bridgehead atoms. The van der Waals surface area contributed by atoms with E-state index in [0.717, 1.165) is 51.3 Å². The zero-order valence-electron chi connectivity index (χ0n) is 21.4. The highest BCUT2D eigenvalue weighted by atomic mass is 35.5. The van der Waals surface area contributed by atoms with Crippen molar-refractivity contribution in [3.63, 3.8) is 0 Å². The van der Waals surface area contributed by atoms with Crippen molar-refractivity contribution in [2.75, 3.05) is 7.05 Å². The number of aromatic amines is 1. The minimum atomic E-state index is -0.580. The summed E-state index contributed by atoms with van der Waals surface area (Å²) in [6, 6.07) is 19.3. The molecule has 0 saturated heterocycles. The number of H-pyrrole nitrogens is 1. The molecule has 200 valence electrons. The molecule has 4 nitrogen and oxygen atoms in total. The predicted molar refractivity (Wildman–Crippen MR) is 149 cm³/mol. The SMILES string of the molecule is CNC(Cc1cc(F)cc(F)c1)c1ncccc1-c1ccc(Cl)cc1.Cc1[nH]c2ccc(F)cc2c1CC=O. The van der Waals surface area contributed by atoms with Gasteiger partial charge in [0.1, 0.15) is 23.7 Å². The Hall–Kier alpha value is -3.94. The Morgan fingerprint density at radius 1 is 0.974 bits per heavy atom. The number of hydrogen-bond donors (Lipinski definition) is 2. The fourth-order valence-corrected chi connectivity index (χ4v) is 4.70. The van der Waals surface area contributed by atoms with Crippen LogP contribution in [-0.2, 0) is 17.6 Å². The van der Waals surface area contributed by atoms with Gasteiger partial charge in [0.2, 0.25) is 0 Å². The van der Waals surface area contributed by atoms with Crippen molar-refractivity contribution in [3.05, 3.63) is 124 Å². The summed E-state index contributed by atoms with van der Waals surface area (Å²) in [5.74, 6) is -1.43. The summed E-state index contributed by atoms with van der Waals surface area (Å²) < 4.78 is 39.9. The highest BCUT2D eigenvalue weighted by Gasteiger charge is 2.17. The van der Waals surface area contributed by atoms with E-state index in [9.17, 15) is 18.0 Å². The normalized spacial score (nSPS) is 11.6. The maximum atomic E-state index is 13.5. The van der Waals surface area contributed by atoms with Crippen LogP contribution in [0.1, 0.15) is 28.6 Å². The molecule has 0 radical (unpaired) electrons.